The molecule has 0 amide bonds. The topological polar surface area (TPSA) is 55.8 Å². The van der Waals surface area contributed by atoms with Crippen molar-refractivity contribution in [2.24, 2.45) is 0 Å². The fourth-order valence-corrected chi connectivity index (χ4v) is 2.08. The smallest absolute Gasteiger partial charge is 0.335 e. The molecule has 1 N–H and O–H groups in total. The minimum atomic E-state index is -0.976. The van der Waals surface area contributed by atoms with E-state index in [1.807, 2.05) is 31.2 Å². The molecule has 0 heterocycles. The van der Waals surface area contributed by atoms with Gasteiger partial charge in [-0.25, -0.2) is 4.79 Å². The summed E-state index contributed by atoms with van der Waals surface area (Å²) in [5.74, 6) is 0.319. The molecule has 0 aliphatic carbocycles. The Hall–Kier alpha value is -2.49. The zero-order valence-electron chi connectivity index (χ0n) is 11.6. The van der Waals surface area contributed by atoms with E-state index in [1.165, 1.54) is 13.2 Å². The van der Waals surface area contributed by atoms with Crippen LogP contribution in [0.1, 0.15) is 15.9 Å². The number of carboxylic acid groups (broad SMARTS) is 1. The second kappa shape index (κ2) is 5.65. The van der Waals surface area contributed by atoms with Crippen molar-refractivity contribution in [2.45, 2.75) is 6.92 Å². The lowest BCUT2D eigenvalue weighted by Gasteiger charge is -2.11. The molecule has 0 aromatic heterocycles. The largest absolute Gasteiger partial charge is 0.497 e. The molecule has 0 radical (unpaired) electrons. The Labute approximate surface area is 117 Å². The third kappa shape index (κ3) is 2.74. The summed E-state index contributed by atoms with van der Waals surface area (Å²) in [6.07, 6.45) is 0. The van der Waals surface area contributed by atoms with E-state index in [0.717, 1.165) is 22.4 Å². The molecular formula is C16H16O4. The summed E-state index contributed by atoms with van der Waals surface area (Å²) in [5.41, 5.74) is 2.97. The molecule has 0 atom stereocenters. The lowest BCUT2D eigenvalue weighted by Crippen LogP contribution is -1.98. The fraction of sp³-hybridized carbons (Fsp3) is 0.188. The maximum atomic E-state index is 11.2. The minimum absolute atomic E-state index is 0.203. The van der Waals surface area contributed by atoms with Gasteiger partial charge >= 0.3 is 5.97 Å². The number of aromatic carboxylic acids is 1. The first-order valence-corrected chi connectivity index (χ1v) is 6.12. The lowest BCUT2D eigenvalue weighted by atomic mass is 9.98. The van der Waals surface area contributed by atoms with Crippen LogP contribution >= 0.6 is 0 Å². The van der Waals surface area contributed by atoms with Gasteiger partial charge in [0.05, 0.1) is 19.8 Å². The summed E-state index contributed by atoms with van der Waals surface area (Å²) in [7, 11) is 3.13. The zero-order valence-corrected chi connectivity index (χ0v) is 11.6. The Bertz CT molecular complexity index is 647. The zero-order chi connectivity index (χ0) is 14.7. The monoisotopic (exact) mass is 272 g/mol. The number of hydrogen-bond donors (Lipinski definition) is 1. The average molecular weight is 272 g/mol. The second-order valence-electron chi connectivity index (χ2n) is 4.44. The molecule has 0 spiro atoms. The van der Waals surface area contributed by atoms with Crippen LogP contribution in [0.4, 0.5) is 0 Å². The average Bonchev–Trinajstić information content (AvgIpc) is 2.46. The van der Waals surface area contributed by atoms with Gasteiger partial charge in [0, 0.05) is 0 Å². The molecule has 4 heteroatoms. The minimum Gasteiger partial charge on any atom is -0.497 e. The summed E-state index contributed by atoms with van der Waals surface area (Å²) < 4.78 is 10.3. The van der Waals surface area contributed by atoms with E-state index in [1.54, 1.807) is 13.2 Å². The van der Waals surface area contributed by atoms with Crippen LogP contribution in [0.5, 0.6) is 11.5 Å². The van der Waals surface area contributed by atoms with Crippen LogP contribution in [0.3, 0.4) is 0 Å². The van der Waals surface area contributed by atoms with Crippen molar-refractivity contribution in [3.05, 3.63) is 47.5 Å². The van der Waals surface area contributed by atoms with Crippen molar-refractivity contribution < 1.29 is 19.4 Å². The number of aryl methyl sites for hydroxylation is 1. The molecule has 0 saturated heterocycles. The third-order valence-corrected chi connectivity index (χ3v) is 3.13. The van der Waals surface area contributed by atoms with Crippen molar-refractivity contribution in [1.29, 1.82) is 0 Å². The lowest BCUT2D eigenvalue weighted by molar-refractivity contribution is 0.0696. The predicted molar refractivity (Wildman–Crippen MR) is 76.7 cm³/mol. The molecule has 0 unspecified atom stereocenters. The van der Waals surface area contributed by atoms with Crippen molar-refractivity contribution in [3.8, 4) is 22.6 Å². The molecule has 0 saturated carbocycles. The third-order valence-electron chi connectivity index (χ3n) is 3.13. The van der Waals surface area contributed by atoms with Crippen LogP contribution < -0.4 is 9.47 Å². The van der Waals surface area contributed by atoms with Gasteiger partial charge in [0.2, 0.25) is 0 Å². The van der Waals surface area contributed by atoms with Crippen LogP contribution in [-0.4, -0.2) is 25.3 Å². The highest BCUT2D eigenvalue weighted by Crippen LogP contribution is 2.30. The number of methoxy groups -OCH3 is 2. The Morgan fingerprint density at radius 1 is 1.00 bits per heavy atom. The molecule has 4 nitrogen and oxygen atoms in total. The predicted octanol–water partition coefficient (Wildman–Crippen LogP) is 3.38. The SMILES string of the molecule is COc1cc(C(=O)O)cc(-c2ccc(OC)cc2C)c1. The summed E-state index contributed by atoms with van der Waals surface area (Å²) in [6, 6.07) is 10.6. The highest BCUT2D eigenvalue weighted by atomic mass is 16.5. The number of carboxylic acids is 1. The number of carbonyl (C=O) groups is 1. The van der Waals surface area contributed by atoms with Crippen molar-refractivity contribution in [1.82, 2.24) is 0 Å². The van der Waals surface area contributed by atoms with E-state index in [9.17, 15) is 4.79 Å². The van der Waals surface area contributed by atoms with Crippen LogP contribution in [-0.2, 0) is 0 Å². The summed E-state index contributed by atoms with van der Waals surface area (Å²) in [5, 5.41) is 9.15. The molecule has 0 fully saturated rings. The molecule has 20 heavy (non-hydrogen) atoms. The van der Waals surface area contributed by atoms with Gasteiger partial charge in [0.15, 0.2) is 0 Å². The first kappa shape index (κ1) is 13.9. The van der Waals surface area contributed by atoms with Gasteiger partial charge in [-0.15, -0.1) is 0 Å². The van der Waals surface area contributed by atoms with Gasteiger partial charge in [-0.1, -0.05) is 6.07 Å². The normalized spacial score (nSPS) is 10.2. The molecular weight excluding hydrogens is 256 g/mol. The Morgan fingerprint density at radius 2 is 1.70 bits per heavy atom. The molecule has 0 bridgehead atoms. The molecule has 0 aliphatic heterocycles. The van der Waals surface area contributed by atoms with E-state index in [0.29, 0.717) is 5.75 Å². The standard InChI is InChI=1S/C16H16O4/c1-10-6-13(19-2)4-5-15(10)11-7-12(16(17)18)9-14(8-11)20-3/h4-9H,1-3H3,(H,17,18). The van der Waals surface area contributed by atoms with Crippen molar-refractivity contribution in [3.63, 3.8) is 0 Å². The molecule has 2 aromatic carbocycles. The van der Waals surface area contributed by atoms with Gasteiger partial charge in [0.1, 0.15) is 11.5 Å². The first-order chi connectivity index (χ1) is 9.55. The summed E-state index contributed by atoms with van der Waals surface area (Å²) >= 11 is 0. The molecule has 0 aliphatic rings. The number of ether oxygens (including phenoxy) is 2. The van der Waals surface area contributed by atoms with Gasteiger partial charge in [0.25, 0.3) is 0 Å². The van der Waals surface area contributed by atoms with Gasteiger partial charge in [-0.2, -0.15) is 0 Å². The van der Waals surface area contributed by atoms with E-state index >= 15 is 0 Å². The maximum absolute atomic E-state index is 11.2. The van der Waals surface area contributed by atoms with Crippen LogP contribution in [0.15, 0.2) is 36.4 Å². The number of rotatable bonds is 4. The van der Waals surface area contributed by atoms with Crippen LogP contribution in [0, 0.1) is 6.92 Å². The van der Waals surface area contributed by atoms with E-state index in [4.69, 9.17) is 14.6 Å². The number of benzene rings is 2. The van der Waals surface area contributed by atoms with Crippen molar-refractivity contribution in [2.75, 3.05) is 14.2 Å². The van der Waals surface area contributed by atoms with Gasteiger partial charge in [-0.3, -0.25) is 0 Å². The van der Waals surface area contributed by atoms with E-state index < -0.39 is 5.97 Å². The fourth-order valence-electron chi connectivity index (χ4n) is 2.08. The first-order valence-electron chi connectivity index (χ1n) is 6.12. The number of hydrogen-bond acceptors (Lipinski definition) is 3. The van der Waals surface area contributed by atoms with Crippen molar-refractivity contribution >= 4 is 5.97 Å². The highest BCUT2D eigenvalue weighted by molar-refractivity contribution is 5.90. The molecule has 2 aromatic rings. The Balaban J connectivity index is 2.56. The van der Waals surface area contributed by atoms with E-state index in [-0.39, 0.29) is 5.56 Å². The maximum Gasteiger partial charge on any atom is 0.335 e. The summed E-state index contributed by atoms with van der Waals surface area (Å²) in [4.78, 5) is 11.2. The Morgan fingerprint density at radius 3 is 2.25 bits per heavy atom. The van der Waals surface area contributed by atoms with E-state index in [2.05, 4.69) is 0 Å². The van der Waals surface area contributed by atoms with Crippen LogP contribution in [0.2, 0.25) is 0 Å². The van der Waals surface area contributed by atoms with Gasteiger partial charge in [-0.05, 0) is 53.9 Å². The van der Waals surface area contributed by atoms with Crippen LogP contribution in [0.25, 0.3) is 11.1 Å². The molecule has 104 valence electrons. The quantitative estimate of drug-likeness (QED) is 0.927. The summed E-state index contributed by atoms with van der Waals surface area (Å²) in [6.45, 7) is 1.96. The van der Waals surface area contributed by atoms with Gasteiger partial charge < -0.3 is 14.6 Å². The second-order valence-corrected chi connectivity index (χ2v) is 4.44. The highest BCUT2D eigenvalue weighted by Gasteiger charge is 2.10. The Kier molecular flexibility index (Phi) is 3.94. The molecule has 2 rings (SSSR count).